The van der Waals surface area contributed by atoms with Crippen molar-refractivity contribution < 1.29 is 9.53 Å². The number of hydrogen-bond acceptors (Lipinski definition) is 3. The van der Waals surface area contributed by atoms with Gasteiger partial charge in [0.25, 0.3) is 0 Å². The molecule has 0 fully saturated rings. The first-order valence-corrected chi connectivity index (χ1v) is 16.4. The number of anilines is 2. The van der Waals surface area contributed by atoms with Crippen LogP contribution in [0.15, 0.2) is 54.6 Å². The molecule has 0 atom stereocenters. The van der Waals surface area contributed by atoms with Gasteiger partial charge in [-0.2, -0.15) is 0 Å². The van der Waals surface area contributed by atoms with Crippen molar-refractivity contribution in [1.29, 1.82) is 0 Å². The number of ether oxygens (including phenoxy) is 1. The van der Waals surface area contributed by atoms with Crippen LogP contribution in [0.2, 0.25) is 0 Å². The van der Waals surface area contributed by atoms with Gasteiger partial charge in [-0.3, -0.25) is 4.79 Å². The van der Waals surface area contributed by atoms with E-state index in [1.165, 1.54) is 122 Å². The van der Waals surface area contributed by atoms with E-state index >= 15 is 0 Å². The number of hydrogen-bond donors (Lipinski definition) is 1. The molecule has 39 heavy (non-hydrogen) atoms. The SMILES string of the molecule is CCCCCCCCCCCCCCCCCCCCCCCC(=O)Oc1ccc(Nc2ccccc2)cc1. The molecule has 3 heteroatoms. The van der Waals surface area contributed by atoms with Crippen LogP contribution in [0.5, 0.6) is 5.75 Å². The minimum atomic E-state index is -0.128. The minimum Gasteiger partial charge on any atom is -0.427 e. The molecule has 1 N–H and O–H groups in total. The molecule has 0 heterocycles. The molecule has 0 unspecified atom stereocenters. The van der Waals surface area contributed by atoms with Gasteiger partial charge in [-0.25, -0.2) is 0 Å². The molecule has 0 spiro atoms. The molecule has 0 aliphatic heterocycles. The highest BCUT2D eigenvalue weighted by Gasteiger charge is 2.05. The minimum absolute atomic E-state index is 0.128. The van der Waals surface area contributed by atoms with Crippen LogP contribution in [-0.2, 0) is 4.79 Å². The fourth-order valence-electron chi connectivity index (χ4n) is 5.18. The maximum absolute atomic E-state index is 12.2. The van der Waals surface area contributed by atoms with Crippen LogP contribution in [-0.4, -0.2) is 5.97 Å². The Balaban J connectivity index is 1.31. The van der Waals surface area contributed by atoms with Crippen molar-refractivity contribution in [2.24, 2.45) is 0 Å². The van der Waals surface area contributed by atoms with E-state index < -0.39 is 0 Å². The van der Waals surface area contributed by atoms with E-state index in [0.29, 0.717) is 12.2 Å². The first-order chi connectivity index (χ1) is 19.3. The quantitative estimate of drug-likeness (QED) is 0.0780. The van der Waals surface area contributed by atoms with Crippen LogP contribution in [0.25, 0.3) is 0 Å². The molecular formula is C36H57NO2. The number of esters is 1. The molecule has 0 aliphatic rings. The monoisotopic (exact) mass is 535 g/mol. The third-order valence-electron chi connectivity index (χ3n) is 7.63. The van der Waals surface area contributed by atoms with Gasteiger partial charge in [-0.05, 0) is 42.8 Å². The highest BCUT2D eigenvalue weighted by atomic mass is 16.5. The second-order valence-corrected chi connectivity index (χ2v) is 11.3. The molecule has 2 rings (SSSR count). The van der Waals surface area contributed by atoms with Crippen molar-refractivity contribution in [3.63, 3.8) is 0 Å². The Labute approximate surface area is 240 Å². The Morgan fingerprint density at radius 2 is 0.897 bits per heavy atom. The summed E-state index contributed by atoms with van der Waals surface area (Å²) in [4.78, 5) is 12.2. The normalized spacial score (nSPS) is 11.0. The van der Waals surface area contributed by atoms with Gasteiger partial charge in [0.1, 0.15) is 5.75 Å². The molecular weight excluding hydrogens is 478 g/mol. The molecule has 0 aliphatic carbocycles. The topological polar surface area (TPSA) is 38.3 Å². The van der Waals surface area contributed by atoms with Gasteiger partial charge in [0.2, 0.25) is 0 Å². The fraction of sp³-hybridized carbons (Fsp3) is 0.639. The molecule has 0 saturated heterocycles. The standard InChI is InChI=1S/C36H57NO2/c1-2-3-4-5-6-7-8-9-10-11-12-13-14-15-16-17-18-19-20-21-25-28-36(38)39-35-31-29-34(30-32-35)37-33-26-23-22-24-27-33/h22-24,26-27,29-32,37H,2-21,25,28H2,1H3. The first kappa shape index (κ1) is 32.9. The summed E-state index contributed by atoms with van der Waals surface area (Å²) in [7, 11) is 0. The van der Waals surface area contributed by atoms with Crippen molar-refractivity contribution in [3.05, 3.63) is 54.6 Å². The molecule has 0 bridgehead atoms. The highest BCUT2D eigenvalue weighted by Crippen LogP contribution is 2.21. The number of nitrogens with one attached hydrogen (secondary N) is 1. The Kier molecular flexibility index (Phi) is 19.9. The molecule has 0 aromatic heterocycles. The maximum atomic E-state index is 12.2. The van der Waals surface area contributed by atoms with Crippen LogP contribution >= 0.6 is 0 Å². The lowest BCUT2D eigenvalue weighted by molar-refractivity contribution is -0.134. The lowest BCUT2D eigenvalue weighted by Crippen LogP contribution is -2.07. The molecule has 0 radical (unpaired) electrons. The summed E-state index contributed by atoms with van der Waals surface area (Å²) in [5.74, 6) is 0.485. The highest BCUT2D eigenvalue weighted by molar-refractivity contribution is 5.72. The average molecular weight is 536 g/mol. The second-order valence-electron chi connectivity index (χ2n) is 11.3. The van der Waals surface area contributed by atoms with Crippen molar-refractivity contribution in [2.75, 3.05) is 5.32 Å². The molecule has 2 aromatic rings. The predicted molar refractivity (Wildman–Crippen MR) is 169 cm³/mol. The smallest absolute Gasteiger partial charge is 0.311 e. The second kappa shape index (κ2) is 23.6. The van der Waals surface area contributed by atoms with E-state index in [2.05, 4.69) is 12.2 Å². The number of para-hydroxylation sites is 1. The van der Waals surface area contributed by atoms with Crippen molar-refractivity contribution >= 4 is 17.3 Å². The zero-order valence-corrected chi connectivity index (χ0v) is 25.1. The van der Waals surface area contributed by atoms with Gasteiger partial charge in [-0.1, -0.05) is 154 Å². The van der Waals surface area contributed by atoms with Crippen LogP contribution in [0.1, 0.15) is 148 Å². The van der Waals surface area contributed by atoms with Crippen molar-refractivity contribution in [3.8, 4) is 5.75 Å². The number of rotatable bonds is 25. The average Bonchev–Trinajstić information content (AvgIpc) is 2.95. The Bertz CT molecular complexity index is 818. The molecule has 0 amide bonds. The molecule has 2 aromatic carbocycles. The summed E-state index contributed by atoms with van der Waals surface area (Å²) in [5.41, 5.74) is 2.02. The van der Waals surface area contributed by atoms with Gasteiger partial charge in [-0.15, -0.1) is 0 Å². The third kappa shape index (κ3) is 18.6. The molecule has 0 saturated carbocycles. The summed E-state index contributed by atoms with van der Waals surface area (Å²) in [5, 5.41) is 3.34. The lowest BCUT2D eigenvalue weighted by atomic mass is 10.0. The maximum Gasteiger partial charge on any atom is 0.311 e. The lowest BCUT2D eigenvalue weighted by Gasteiger charge is -2.08. The van der Waals surface area contributed by atoms with Crippen molar-refractivity contribution in [2.45, 2.75) is 148 Å². The number of benzene rings is 2. The van der Waals surface area contributed by atoms with Gasteiger partial charge in [0.15, 0.2) is 0 Å². The number of unbranched alkanes of at least 4 members (excludes halogenated alkanes) is 20. The van der Waals surface area contributed by atoms with Crippen LogP contribution in [0.3, 0.4) is 0 Å². The molecule has 3 nitrogen and oxygen atoms in total. The number of carbonyl (C=O) groups is 1. The van der Waals surface area contributed by atoms with Gasteiger partial charge in [0, 0.05) is 17.8 Å². The first-order valence-electron chi connectivity index (χ1n) is 16.4. The van der Waals surface area contributed by atoms with E-state index in [1.807, 2.05) is 54.6 Å². The summed E-state index contributed by atoms with van der Waals surface area (Å²) in [6.07, 6.45) is 29.3. The number of carbonyl (C=O) groups excluding carboxylic acids is 1. The predicted octanol–water partition coefficient (Wildman–Crippen LogP) is 11.9. The summed E-state index contributed by atoms with van der Waals surface area (Å²) >= 11 is 0. The van der Waals surface area contributed by atoms with Crippen LogP contribution in [0.4, 0.5) is 11.4 Å². The van der Waals surface area contributed by atoms with Crippen LogP contribution in [0, 0.1) is 0 Å². The fourth-order valence-corrected chi connectivity index (χ4v) is 5.18. The third-order valence-corrected chi connectivity index (χ3v) is 7.63. The summed E-state index contributed by atoms with van der Waals surface area (Å²) < 4.78 is 5.50. The van der Waals surface area contributed by atoms with Crippen molar-refractivity contribution in [1.82, 2.24) is 0 Å². The van der Waals surface area contributed by atoms with Gasteiger partial charge in [0.05, 0.1) is 0 Å². The van der Waals surface area contributed by atoms with E-state index in [9.17, 15) is 4.79 Å². The van der Waals surface area contributed by atoms with E-state index in [4.69, 9.17) is 4.74 Å². The van der Waals surface area contributed by atoms with E-state index in [-0.39, 0.29) is 5.97 Å². The van der Waals surface area contributed by atoms with Crippen LogP contribution < -0.4 is 10.1 Å². The zero-order chi connectivity index (χ0) is 27.6. The summed E-state index contributed by atoms with van der Waals surface area (Å²) in [6.45, 7) is 2.29. The molecule has 218 valence electrons. The Morgan fingerprint density at radius 1 is 0.513 bits per heavy atom. The van der Waals surface area contributed by atoms with Gasteiger partial charge < -0.3 is 10.1 Å². The van der Waals surface area contributed by atoms with E-state index in [1.54, 1.807) is 0 Å². The van der Waals surface area contributed by atoms with Gasteiger partial charge >= 0.3 is 5.97 Å². The zero-order valence-electron chi connectivity index (χ0n) is 25.1. The largest absolute Gasteiger partial charge is 0.427 e. The summed E-state index contributed by atoms with van der Waals surface area (Å²) in [6, 6.07) is 17.6. The Morgan fingerprint density at radius 3 is 1.33 bits per heavy atom. The Hall–Kier alpha value is -2.29. The van der Waals surface area contributed by atoms with E-state index in [0.717, 1.165) is 24.2 Å².